The molecule has 0 saturated carbocycles. The topological polar surface area (TPSA) is 61.8 Å². The van der Waals surface area contributed by atoms with Gasteiger partial charge in [0.25, 0.3) is 11.1 Å². The number of hydrogen-bond donors (Lipinski definition) is 1. The van der Waals surface area contributed by atoms with Crippen molar-refractivity contribution in [2.45, 2.75) is 25.4 Å². The third-order valence-electron chi connectivity index (χ3n) is 4.82. The molecule has 170 valence electrons. The molecule has 4 rings (SSSR count). The molecule has 5 nitrogen and oxygen atoms in total. The first kappa shape index (κ1) is 25.1. The molecule has 1 unspecified atom stereocenters. The lowest BCUT2D eigenvalue weighted by molar-refractivity contribution is -0.115. The van der Waals surface area contributed by atoms with E-state index in [-0.39, 0.29) is 28.1 Å². The van der Waals surface area contributed by atoms with Gasteiger partial charge in [0.2, 0.25) is 0 Å². The molecule has 8 heteroatoms. The number of benzene rings is 3. The Bertz CT molecular complexity index is 1200. The molecule has 1 N–H and O–H groups in total. The van der Waals surface area contributed by atoms with Crippen LogP contribution in [0.1, 0.15) is 16.7 Å². The summed E-state index contributed by atoms with van der Waals surface area (Å²) in [6.45, 7) is 5.99. The van der Waals surface area contributed by atoms with Gasteiger partial charge in [-0.1, -0.05) is 53.7 Å². The summed E-state index contributed by atoms with van der Waals surface area (Å²) in [5, 5.41) is 3.61. The Hall–Kier alpha value is -2.55. The second-order valence-electron chi connectivity index (χ2n) is 7.59. The van der Waals surface area contributed by atoms with Gasteiger partial charge in [-0.15, -0.1) is 17.0 Å². The maximum atomic E-state index is 13.1. The van der Waals surface area contributed by atoms with Gasteiger partial charge in [0.05, 0.1) is 11.4 Å². The van der Waals surface area contributed by atoms with E-state index in [0.717, 1.165) is 39.8 Å². The van der Waals surface area contributed by atoms with Crippen LogP contribution < -0.4 is 10.2 Å². The summed E-state index contributed by atoms with van der Waals surface area (Å²) in [5.74, 6) is -0.253. The van der Waals surface area contributed by atoms with E-state index in [9.17, 15) is 9.59 Å². The minimum Gasteiger partial charge on any atom is -0.335 e. The van der Waals surface area contributed by atoms with Crippen molar-refractivity contribution < 1.29 is 9.59 Å². The fourth-order valence-corrected chi connectivity index (χ4v) is 5.38. The van der Waals surface area contributed by atoms with Gasteiger partial charge in [0.1, 0.15) is 4.58 Å². The number of nitrogens with zero attached hydrogens (tertiary/aromatic N) is 2. The largest absolute Gasteiger partial charge is 0.335 e. The van der Waals surface area contributed by atoms with E-state index in [2.05, 4.69) is 5.32 Å². The van der Waals surface area contributed by atoms with Crippen molar-refractivity contribution in [3.05, 3.63) is 89.5 Å². The Morgan fingerprint density at radius 3 is 2.24 bits per heavy atom. The number of hydrogen-bond acceptors (Lipinski definition) is 5. The summed E-state index contributed by atoms with van der Waals surface area (Å²) < 4.78 is -0.621. The summed E-state index contributed by atoms with van der Waals surface area (Å²) in [6.07, 6.45) is 0. The van der Waals surface area contributed by atoms with Crippen LogP contribution in [0, 0.1) is 20.8 Å². The van der Waals surface area contributed by atoms with Crippen LogP contribution in [-0.4, -0.2) is 20.9 Å². The normalized spacial score (nSPS) is 16.0. The zero-order valence-electron chi connectivity index (χ0n) is 18.4. The van der Waals surface area contributed by atoms with Crippen LogP contribution in [0.2, 0.25) is 0 Å². The number of aryl methyl sites for hydroxylation is 3. The molecule has 0 radical (unpaired) electrons. The van der Waals surface area contributed by atoms with Crippen LogP contribution in [-0.2, 0) is 4.79 Å². The molecule has 3 aromatic carbocycles. The second-order valence-corrected chi connectivity index (χ2v) is 10.0. The third-order valence-corrected chi connectivity index (χ3v) is 7.03. The van der Waals surface area contributed by atoms with E-state index in [4.69, 9.17) is 4.99 Å². The van der Waals surface area contributed by atoms with Crippen molar-refractivity contribution in [1.29, 1.82) is 0 Å². The third kappa shape index (κ3) is 6.28. The Morgan fingerprint density at radius 2 is 1.58 bits per heavy atom. The second kappa shape index (κ2) is 11.0. The van der Waals surface area contributed by atoms with Crippen molar-refractivity contribution >= 4 is 73.9 Å². The van der Waals surface area contributed by atoms with Crippen molar-refractivity contribution in [2.75, 3.05) is 10.2 Å². The van der Waals surface area contributed by atoms with Crippen molar-refractivity contribution in [1.82, 2.24) is 0 Å². The first-order chi connectivity index (χ1) is 15.4. The fraction of sp³-hybridized carbons (Fsp3) is 0.160. The molecule has 1 saturated heterocycles. The van der Waals surface area contributed by atoms with E-state index in [1.165, 1.54) is 16.7 Å². The lowest BCUT2D eigenvalue weighted by Gasteiger charge is -2.15. The van der Waals surface area contributed by atoms with Crippen molar-refractivity contribution in [3.63, 3.8) is 0 Å². The Morgan fingerprint density at radius 1 is 0.909 bits per heavy atom. The molecule has 0 aromatic heterocycles. The summed E-state index contributed by atoms with van der Waals surface area (Å²) in [4.78, 5) is 31.8. The number of carbonyl (C=O) groups is 2. The number of rotatable bonds is 4. The molecule has 0 bridgehead atoms. The van der Waals surface area contributed by atoms with E-state index < -0.39 is 4.58 Å². The highest BCUT2D eigenvalue weighted by Gasteiger charge is 2.42. The number of aliphatic imine (C=N–C) groups is 1. The van der Waals surface area contributed by atoms with Crippen LogP contribution >= 0.6 is 40.5 Å². The van der Waals surface area contributed by atoms with Gasteiger partial charge in [0.15, 0.2) is 5.17 Å². The highest BCUT2D eigenvalue weighted by atomic mass is 79.9. The maximum absolute atomic E-state index is 13.1. The quantitative estimate of drug-likeness (QED) is 0.278. The first-order valence-electron chi connectivity index (χ1n) is 10.2. The predicted molar refractivity (Wildman–Crippen MR) is 146 cm³/mol. The smallest absolute Gasteiger partial charge is 0.294 e. The van der Waals surface area contributed by atoms with Gasteiger partial charge < -0.3 is 5.32 Å². The number of thioether (sulfide) groups is 2. The van der Waals surface area contributed by atoms with E-state index in [1.54, 1.807) is 12.1 Å². The number of imide groups is 1. The van der Waals surface area contributed by atoms with E-state index in [1.807, 2.05) is 81.4 Å². The van der Waals surface area contributed by atoms with Gasteiger partial charge in [-0.25, -0.2) is 9.89 Å². The minimum atomic E-state index is -0.621. The predicted octanol–water partition coefficient (Wildman–Crippen LogP) is 7.25. The van der Waals surface area contributed by atoms with E-state index >= 15 is 0 Å². The molecular formula is C25H24BrN3O2S2. The molecule has 2 amide bonds. The minimum absolute atomic E-state index is 0. The summed E-state index contributed by atoms with van der Waals surface area (Å²) >= 11 is 2.27. The summed E-state index contributed by atoms with van der Waals surface area (Å²) in [7, 11) is 0. The summed E-state index contributed by atoms with van der Waals surface area (Å²) in [5.41, 5.74) is 5.53. The number of halogens is 1. The molecule has 3 aromatic rings. The highest BCUT2D eigenvalue weighted by Crippen LogP contribution is 2.39. The molecule has 1 atom stereocenters. The lowest BCUT2D eigenvalue weighted by Crippen LogP contribution is -2.31. The Balaban J connectivity index is 0.00000306. The zero-order chi connectivity index (χ0) is 22.7. The molecule has 1 aliphatic heterocycles. The van der Waals surface area contributed by atoms with Gasteiger partial charge >= 0.3 is 0 Å². The van der Waals surface area contributed by atoms with Gasteiger partial charge in [-0.3, -0.25) is 9.59 Å². The maximum Gasteiger partial charge on any atom is 0.294 e. The zero-order valence-corrected chi connectivity index (χ0v) is 21.8. The molecule has 1 heterocycles. The number of amides is 2. The van der Waals surface area contributed by atoms with Crippen LogP contribution in [0.3, 0.4) is 0 Å². The molecule has 1 aliphatic rings. The Labute approximate surface area is 212 Å². The molecule has 33 heavy (non-hydrogen) atoms. The van der Waals surface area contributed by atoms with Crippen molar-refractivity contribution in [2.24, 2.45) is 4.99 Å². The Kier molecular flexibility index (Phi) is 8.40. The first-order valence-corrected chi connectivity index (χ1v) is 11.9. The van der Waals surface area contributed by atoms with Crippen LogP contribution in [0.25, 0.3) is 0 Å². The monoisotopic (exact) mass is 541 g/mol. The van der Waals surface area contributed by atoms with E-state index in [0.29, 0.717) is 10.9 Å². The van der Waals surface area contributed by atoms with Crippen LogP contribution in [0.15, 0.2) is 77.8 Å². The molecule has 0 aliphatic carbocycles. The number of anilines is 2. The average molecular weight is 543 g/mol. The fourth-order valence-electron chi connectivity index (χ4n) is 3.24. The van der Waals surface area contributed by atoms with Gasteiger partial charge in [0, 0.05) is 5.69 Å². The lowest BCUT2D eigenvalue weighted by atomic mass is 10.2. The highest BCUT2D eigenvalue weighted by molar-refractivity contribution is 8.93. The molecule has 1 fully saturated rings. The summed E-state index contributed by atoms with van der Waals surface area (Å²) in [6, 6.07) is 23.2. The van der Waals surface area contributed by atoms with Crippen LogP contribution in [0.4, 0.5) is 21.9 Å². The number of amidine groups is 1. The number of nitrogens with one attached hydrogen (secondary N) is 1. The van der Waals surface area contributed by atoms with Gasteiger partial charge in [-0.05, 0) is 80.1 Å². The molecule has 0 spiro atoms. The van der Waals surface area contributed by atoms with Crippen molar-refractivity contribution in [3.8, 4) is 0 Å². The average Bonchev–Trinajstić information content (AvgIpc) is 3.02. The molecular weight excluding hydrogens is 518 g/mol. The number of carbonyl (C=O) groups excluding carboxylic acids is 2. The van der Waals surface area contributed by atoms with Crippen LogP contribution in [0.5, 0.6) is 0 Å². The standard InChI is InChI=1S/C25H23N3O2S2.BrH/c1-16-10-12-21(13-11-16)28-22(29)23(32-25(28)30)31-24(26-19-8-4-6-17(2)14-19)27-20-9-5-7-18(3)15-20;/h4-15,23H,1-3H3,(H,26,27);1H. The van der Waals surface area contributed by atoms with Gasteiger partial charge in [-0.2, -0.15) is 0 Å². The SMILES string of the molecule is Br.Cc1ccc(N2C(=O)SC(SC(=Nc3cccc(C)c3)Nc3cccc(C)c3)C2=O)cc1.